The van der Waals surface area contributed by atoms with Gasteiger partial charge in [0, 0.05) is 5.56 Å². The molecular formula is C15H22ClNO. The van der Waals surface area contributed by atoms with Crippen molar-refractivity contribution in [2.24, 2.45) is 5.92 Å². The first-order valence-corrected chi connectivity index (χ1v) is 6.43. The summed E-state index contributed by atoms with van der Waals surface area (Å²) in [7, 11) is 2.19. The average Bonchev–Trinajstić information content (AvgIpc) is 2.33. The van der Waals surface area contributed by atoms with Gasteiger partial charge >= 0.3 is 0 Å². The van der Waals surface area contributed by atoms with Crippen LogP contribution in [0.2, 0.25) is 0 Å². The van der Waals surface area contributed by atoms with E-state index >= 15 is 0 Å². The summed E-state index contributed by atoms with van der Waals surface area (Å²) in [6, 6.07) is 8.11. The van der Waals surface area contributed by atoms with Crippen LogP contribution in [0.25, 0.3) is 0 Å². The summed E-state index contributed by atoms with van der Waals surface area (Å²) in [6.07, 6.45) is 3.75. The number of benzene rings is 1. The van der Waals surface area contributed by atoms with E-state index in [0.717, 1.165) is 17.9 Å². The third kappa shape index (κ3) is 4.11. The van der Waals surface area contributed by atoms with Gasteiger partial charge in [-0.1, -0.05) is 24.3 Å². The van der Waals surface area contributed by atoms with E-state index in [9.17, 15) is 4.79 Å². The maximum absolute atomic E-state index is 11.2. The highest BCUT2D eigenvalue weighted by atomic mass is 35.5. The predicted octanol–water partition coefficient (Wildman–Crippen LogP) is 3.20. The number of hydrogen-bond acceptors (Lipinski definition) is 2. The molecule has 0 amide bonds. The number of ketones is 1. The topological polar surface area (TPSA) is 20.3 Å². The van der Waals surface area contributed by atoms with Crippen LogP contribution >= 0.6 is 12.4 Å². The highest BCUT2D eigenvalue weighted by molar-refractivity contribution is 5.93. The van der Waals surface area contributed by atoms with Gasteiger partial charge in [0.25, 0.3) is 0 Å². The van der Waals surface area contributed by atoms with Crippen LogP contribution < -0.4 is 0 Å². The quantitative estimate of drug-likeness (QED) is 0.784. The van der Waals surface area contributed by atoms with Crippen LogP contribution in [0, 0.1) is 5.92 Å². The molecule has 0 atom stereocenters. The molecule has 18 heavy (non-hydrogen) atoms. The number of likely N-dealkylation sites (tertiary alicyclic amines) is 1. The average molecular weight is 268 g/mol. The first-order chi connectivity index (χ1) is 8.15. The lowest BCUT2D eigenvalue weighted by Gasteiger charge is -2.28. The second kappa shape index (κ2) is 6.91. The van der Waals surface area contributed by atoms with Crippen molar-refractivity contribution in [1.29, 1.82) is 0 Å². The van der Waals surface area contributed by atoms with E-state index in [1.165, 1.54) is 31.5 Å². The van der Waals surface area contributed by atoms with Gasteiger partial charge in [0.05, 0.1) is 0 Å². The van der Waals surface area contributed by atoms with E-state index in [0.29, 0.717) is 0 Å². The largest absolute Gasteiger partial charge is 0.306 e. The van der Waals surface area contributed by atoms with Gasteiger partial charge in [-0.2, -0.15) is 0 Å². The van der Waals surface area contributed by atoms with Gasteiger partial charge in [-0.25, -0.2) is 0 Å². The molecule has 0 aromatic heterocycles. The molecular weight excluding hydrogens is 246 g/mol. The lowest BCUT2D eigenvalue weighted by Crippen LogP contribution is -2.30. The summed E-state index contributed by atoms with van der Waals surface area (Å²) in [5.74, 6) is 0.963. The molecule has 3 heteroatoms. The van der Waals surface area contributed by atoms with Crippen LogP contribution in [0.1, 0.15) is 35.7 Å². The number of nitrogens with zero attached hydrogens (tertiary/aromatic N) is 1. The minimum Gasteiger partial charge on any atom is -0.306 e. The van der Waals surface area contributed by atoms with E-state index in [1.807, 2.05) is 12.1 Å². The lowest BCUT2D eigenvalue weighted by atomic mass is 9.90. The van der Waals surface area contributed by atoms with E-state index in [2.05, 4.69) is 24.1 Å². The number of rotatable bonds is 3. The van der Waals surface area contributed by atoms with Crippen molar-refractivity contribution in [3.8, 4) is 0 Å². The molecule has 0 unspecified atom stereocenters. The third-order valence-electron chi connectivity index (χ3n) is 3.72. The van der Waals surface area contributed by atoms with Crippen molar-refractivity contribution >= 4 is 18.2 Å². The number of carbonyl (C=O) groups excluding carboxylic acids is 1. The zero-order valence-corrected chi connectivity index (χ0v) is 12.0. The zero-order chi connectivity index (χ0) is 12.3. The van der Waals surface area contributed by atoms with Crippen LogP contribution in [0.15, 0.2) is 24.3 Å². The molecule has 1 aromatic rings. The normalized spacial score (nSPS) is 17.2. The van der Waals surface area contributed by atoms with Gasteiger partial charge < -0.3 is 4.90 Å². The molecule has 1 saturated heterocycles. The molecule has 2 nitrogen and oxygen atoms in total. The van der Waals surface area contributed by atoms with Gasteiger partial charge in [-0.3, -0.25) is 4.79 Å². The molecule has 1 aromatic carbocycles. The number of Topliss-reactive ketones (excluding diaryl/α,β-unsaturated/α-hetero) is 1. The number of hydrogen-bond donors (Lipinski definition) is 0. The Kier molecular flexibility index (Phi) is 5.83. The highest BCUT2D eigenvalue weighted by Crippen LogP contribution is 2.21. The van der Waals surface area contributed by atoms with Crippen molar-refractivity contribution in [3.05, 3.63) is 35.4 Å². The molecule has 1 fully saturated rings. The van der Waals surface area contributed by atoms with Crippen molar-refractivity contribution in [2.75, 3.05) is 20.1 Å². The van der Waals surface area contributed by atoms with Gasteiger partial charge in [0.2, 0.25) is 0 Å². The fourth-order valence-electron chi connectivity index (χ4n) is 2.48. The molecule has 1 heterocycles. The summed E-state index contributed by atoms with van der Waals surface area (Å²) >= 11 is 0. The Hall–Kier alpha value is -0.860. The van der Waals surface area contributed by atoms with Gasteiger partial charge in [0.1, 0.15) is 0 Å². The van der Waals surface area contributed by atoms with Crippen LogP contribution in [0.5, 0.6) is 0 Å². The first-order valence-electron chi connectivity index (χ1n) is 6.43. The number of carbonyl (C=O) groups is 1. The van der Waals surface area contributed by atoms with E-state index < -0.39 is 0 Å². The van der Waals surface area contributed by atoms with Gasteiger partial charge in [-0.15, -0.1) is 12.4 Å². The second-order valence-corrected chi connectivity index (χ2v) is 5.20. The van der Waals surface area contributed by atoms with Gasteiger partial charge in [-0.05, 0) is 57.8 Å². The zero-order valence-electron chi connectivity index (χ0n) is 11.2. The summed E-state index contributed by atoms with van der Waals surface area (Å²) in [5, 5.41) is 0. The molecule has 0 saturated carbocycles. The van der Waals surface area contributed by atoms with Crippen molar-refractivity contribution in [3.63, 3.8) is 0 Å². The Balaban J connectivity index is 0.00000162. The van der Waals surface area contributed by atoms with Crippen LogP contribution in [-0.4, -0.2) is 30.8 Å². The molecule has 0 N–H and O–H groups in total. The standard InChI is InChI=1S/C15H21NO.ClH/c1-12(17)15-5-3-13(4-6-15)11-14-7-9-16(2)10-8-14;/h3-6,14H,7-11H2,1-2H3;1H. The van der Waals surface area contributed by atoms with E-state index in [-0.39, 0.29) is 18.2 Å². The van der Waals surface area contributed by atoms with Crippen LogP contribution in [0.4, 0.5) is 0 Å². The van der Waals surface area contributed by atoms with Gasteiger partial charge in [0.15, 0.2) is 5.78 Å². The number of piperidine rings is 1. The Morgan fingerprint density at radius 2 is 1.78 bits per heavy atom. The maximum atomic E-state index is 11.2. The predicted molar refractivity (Wildman–Crippen MR) is 77.6 cm³/mol. The minimum absolute atomic E-state index is 0. The van der Waals surface area contributed by atoms with Crippen LogP contribution in [0.3, 0.4) is 0 Å². The fourth-order valence-corrected chi connectivity index (χ4v) is 2.48. The Bertz CT molecular complexity index is 380. The maximum Gasteiger partial charge on any atom is 0.159 e. The summed E-state index contributed by atoms with van der Waals surface area (Å²) in [5.41, 5.74) is 2.18. The molecule has 100 valence electrons. The summed E-state index contributed by atoms with van der Waals surface area (Å²) in [6.45, 7) is 4.05. The molecule has 1 aliphatic heterocycles. The molecule has 0 spiro atoms. The third-order valence-corrected chi connectivity index (χ3v) is 3.72. The Labute approximate surface area is 116 Å². The smallest absolute Gasteiger partial charge is 0.159 e. The first kappa shape index (κ1) is 15.2. The summed E-state index contributed by atoms with van der Waals surface area (Å²) < 4.78 is 0. The summed E-state index contributed by atoms with van der Waals surface area (Å²) in [4.78, 5) is 13.6. The molecule has 2 rings (SSSR count). The molecule has 0 bridgehead atoms. The fraction of sp³-hybridized carbons (Fsp3) is 0.533. The Morgan fingerprint density at radius 3 is 2.28 bits per heavy atom. The molecule has 0 radical (unpaired) electrons. The lowest BCUT2D eigenvalue weighted by molar-refractivity contribution is 0.101. The Morgan fingerprint density at radius 1 is 1.22 bits per heavy atom. The van der Waals surface area contributed by atoms with Crippen molar-refractivity contribution < 1.29 is 4.79 Å². The molecule has 1 aliphatic rings. The SMILES string of the molecule is CC(=O)c1ccc(CC2CCN(C)CC2)cc1.Cl. The monoisotopic (exact) mass is 267 g/mol. The minimum atomic E-state index is 0. The second-order valence-electron chi connectivity index (χ2n) is 5.20. The van der Waals surface area contributed by atoms with Crippen LogP contribution in [-0.2, 0) is 6.42 Å². The van der Waals surface area contributed by atoms with E-state index in [4.69, 9.17) is 0 Å². The molecule has 0 aliphatic carbocycles. The van der Waals surface area contributed by atoms with Crippen molar-refractivity contribution in [1.82, 2.24) is 4.90 Å². The highest BCUT2D eigenvalue weighted by Gasteiger charge is 2.16. The van der Waals surface area contributed by atoms with E-state index in [1.54, 1.807) is 6.92 Å². The van der Waals surface area contributed by atoms with Crippen molar-refractivity contribution in [2.45, 2.75) is 26.2 Å². The number of halogens is 1.